The molecule has 0 fully saturated rings. The fourth-order valence-corrected chi connectivity index (χ4v) is 1.73. The summed E-state index contributed by atoms with van der Waals surface area (Å²) in [6.45, 7) is 1.52. The summed E-state index contributed by atoms with van der Waals surface area (Å²) in [5, 5.41) is 18.6. The van der Waals surface area contributed by atoms with Crippen LogP contribution in [0.4, 0.5) is 4.39 Å². The molecule has 2 rings (SSSR count). The predicted octanol–water partition coefficient (Wildman–Crippen LogP) is 3.16. The summed E-state index contributed by atoms with van der Waals surface area (Å²) in [6, 6.07) is 10.9. The van der Waals surface area contributed by atoms with Gasteiger partial charge in [-0.15, -0.1) is 0 Å². The number of aliphatic hydroxyl groups is 2. The van der Waals surface area contributed by atoms with Gasteiger partial charge in [0.15, 0.2) is 0 Å². The Bertz CT molecular complexity index is 550. The van der Waals surface area contributed by atoms with Gasteiger partial charge < -0.3 is 14.9 Å². The molecule has 0 saturated carbocycles. The van der Waals surface area contributed by atoms with Crippen molar-refractivity contribution in [2.45, 2.75) is 19.6 Å². The summed E-state index contributed by atoms with van der Waals surface area (Å²) < 4.78 is 18.8. The first-order valence-corrected chi connectivity index (χ1v) is 5.95. The molecule has 4 heteroatoms. The van der Waals surface area contributed by atoms with E-state index in [-0.39, 0.29) is 6.61 Å². The van der Waals surface area contributed by atoms with E-state index >= 15 is 0 Å². The van der Waals surface area contributed by atoms with Crippen molar-refractivity contribution in [3.05, 3.63) is 59.4 Å². The van der Waals surface area contributed by atoms with Crippen molar-refractivity contribution in [1.82, 2.24) is 0 Å². The fourth-order valence-electron chi connectivity index (χ4n) is 1.73. The van der Waals surface area contributed by atoms with Crippen LogP contribution in [0, 0.1) is 5.82 Å². The molecule has 1 atom stereocenters. The van der Waals surface area contributed by atoms with Crippen LogP contribution in [0.3, 0.4) is 0 Å². The molecule has 0 amide bonds. The molecule has 0 saturated heterocycles. The SMILES string of the molecule is C[C@@H](O)c1cc(F)ccc1Oc1ccc(CO)cc1. The van der Waals surface area contributed by atoms with Crippen LogP contribution in [-0.2, 0) is 6.61 Å². The normalized spacial score (nSPS) is 12.2. The van der Waals surface area contributed by atoms with E-state index in [0.717, 1.165) is 5.56 Å². The average Bonchev–Trinajstić information content (AvgIpc) is 2.41. The number of benzene rings is 2. The molecule has 0 aliphatic carbocycles. The van der Waals surface area contributed by atoms with Crippen LogP contribution in [0.25, 0.3) is 0 Å². The number of hydrogen-bond donors (Lipinski definition) is 2. The van der Waals surface area contributed by atoms with Crippen LogP contribution in [0.1, 0.15) is 24.2 Å². The number of halogens is 1. The second-order valence-corrected chi connectivity index (χ2v) is 4.26. The Morgan fingerprint density at radius 2 is 1.84 bits per heavy atom. The topological polar surface area (TPSA) is 49.7 Å². The van der Waals surface area contributed by atoms with Crippen molar-refractivity contribution < 1.29 is 19.3 Å². The van der Waals surface area contributed by atoms with Gasteiger partial charge in [-0.25, -0.2) is 4.39 Å². The Balaban J connectivity index is 2.26. The largest absolute Gasteiger partial charge is 0.457 e. The third-order valence-electron chi connectivity index (χ3n) is 2.76. The van der Waals surface area contributed by atoms with Crippen molar-refractivity contribution in [2.24, 2.45) is 0 Å². The highest BCUT2D eigenvalue weighted by Gasteiger charge is 2.11. The first-order valence-electron chi connectivity index (χ1n) is 5.95. The second kappa shape index (κ2) is 5.82. The van der Waals surface area contributed by atoms with Crippen molar-refractivity contribution in [2.75, 3.05) is 0 Å². The highest BCUT2D eigenvalue weighted by Crippen LogP contribution is 2.30. The number of rotatable bonds is 4. The van der Waals surface area contributed by atoms with Gasteiger partial charge >= 0.3 is 0 Å². The minimum absolute atomic E-state index is 0.0320. The van der Waals surface area contributed by atoms with E-state index in [0.29, 0.717) is 17.1 Å². The molecule has 0 aromatic heterocycles. The van der Waals surface area contributed by atoms with Gasteiger partial charge in [0.2, 0.25) is 0 Å². The van der Waals surface area contributed by atoms with E-state index in [1.807, 2.05) is 0 Å². The van der Waals surface area contributed by atoms with Gasteiger partial charge in [0.1, 0.15) is 17.3 Å². The lowest BCUT2D eigenvalue weighted by molar-refractivity contribution is 0.195. The monoisotopic (exact) mass is 262 g/mol. The van der Waals surface area contributed by atoms with Crippen LogP contribution in [0.15, 0.2) is 42.5 Å². The maximum atomic E-state index is 13.2. The van der Waals surface area contributed by atoms with Gasteiger partial charge in [0, 0.05) is 5.56 Å². The van der Waals surface area contributed by atoms with Crippen molar-refractivity contribution >= 4 is 0 Å². The Kier molecular flexibility index (Phi) is 4.14. The van der Waals surface area contributed by atoms with Crippen LogP contribution >= 0.6 is 0 Å². The van der Waals surface area contributed by atoms with E-state index in [9.17, 15) is 9.50 Å². The Morgan fingerprint density at radius 1 is 1.16 bits per heavy atom. The molecule has 0 bridgehead atoms. The lowest BCUT2D eigenvalue weighted by atomic mass is 10.1. The molecule has 0 unspecified atom stereocenters. The summed E-state index contributed by atoms with van der Waals surface area (Å²) in [5.74, 6) is 0.553. The van der Waals surface area contributed by atoms with Crippen molar-refractivity contribution in [3.8, 4) is 11.5 Å². The maximum absolute atomic E-state index is 13.2. The molecular weight excluding hydrogens is 247 g/mol. The molecule has 100 valence electrons. The van der Waals surface area contributed by atoms with Gasteiger partial charge in [-0.05, 0) is 42.8 Å². The standard InChI is InChI=1S/C15H15FO3/c1-10(18)14-8-12(16)4-7-15(14)19-13-5-2-11(9-17)3-6-13/h2-8,10,17-18H,9H2,1H3/t10-/m1/s1. The molecular formula is C15H15FO3. The lowest BCUT2D eigenvalue weighted by Gasteiger charge is -2.13. The minimum Gasteiger partial charge on any atom is -0.457 e. The second-order valence-electron chi connectivity index (χ2n) is 4.26. The Morgan fingerprint density at radius 3 is 2.42 bits per heavy atom. The van der Waals surface area contributed by atoms with E-state index in [1.165, 1.54) is 18.2 Å². The summed E-state index contributed by atoms with van der Waals surface area (Å²) in [5.41, 5.74) is 1.17. The van der Waals surface area contributed by atoms with Crippen molar-refractivity contribution in [3.63, 3.8) is 0 Å². The summed E-state index contributed by atoms with van der Waals surface area (Å²) >= 11 is 0. The van der Waals surface area contributed by atoms with Gasteiger partial charge in [-0.2, -0.15) is 0 Å². The first-order chi connectivity index (χ1) is 9.10. The molecule has 2 N–H and O–H groups in total. The highest BCUT2D eigenvalue weighted by atomic mass is 19.1. The summed E-state index contributed by atoms with van der Waals surface area (Å²) in [7, 11) is 0. The Labute approximate surface area is 110 Å². The van der Waals surface area contributed by atoms with E-state index < -0.39 is 11.9 Å². The van der Waals surface area contributed by atoms with Gasteiger partial charge in [0.05, 0.1) is 12.7 Å². The first kappa shape index (κ1) is 13.5. The van der Waals surface area contributed by atoms with E-state index in [2.05, 4.69) is 0 Å². The van der Waals surface area contributed by atoms with Gasteiger partial charge in [0.25, 0.3) is 0 Å². The molecule has 3 nitrogen and oxygen atoms in total. The summed E-state index contributed by atoms with van der Waals surface area (Å²) in [6.07, 6.45) is -0.817. The zero-order chi connectivity index (χ0) is 13.8. The average molecular weight is 262 g/mol. The van der Waals surface area contributed by atoms with Crippen LogP contribution in [0.2, 0.25) is 0 Å². The van der Waals surface area contributed by atoms with Crippen molar-refractivity contribution in [1.29, 1.82) is 0 Å². The quantitative estimate of drug-likeness (QED) is 0.889. The molecule has 0 spiro atoms. The molecule has 0 radical (unpaired) electrons. The predicted molar refractivity (Wildman–Crippen MR) is 69.5 cm³/mol. The lowest BCUT2D eigenvalue weighted by Crippen LogP contribution is -1.97. The molecule has 0 aliphatic heterocycles. The highest BCUT2D eigenvalue weighted by molar-refractivity contribution is 5.39. The molecule has 2 aromatic rings. The smallest absolute Gasteiger partial charge is 0.133 e. The zero-order valence-corrected chi connectivity index (χ0v) is 10.5. The third-order valence-corrected chi connectivity index (χ3v) is 2.76. The number of ether oxygens (including phenoxy) is 1. The summed E-state index contributed by atoms with van der Waals surface area (Å²) in [4.78, 5) is 0. The van der Waals surface area contributed by atoms with E-state index in [1.54, 1.807) is 31.2 Å². The zero-order valence-electron chi connectivity index (χ0n) is 10.5. The fraction of sp³-hybridized carbons (Fsp3) is 0.200. The van der Waals surface area contributed by atoms with E-state index in [4.69, 9.17) is 9.84 Å². The molecule has 0 heterocycles. The molecule has 0 aliphatic rings. The van der Waals surface area contributed by atoms with Crippen LogP contribution < -0.4 is 4.74 Å². The number of hydrogen-bond acceptors (Lipinski definition) is 3. The Hall–Kier alpha value is -1.91. The number of aliphatic hydroxyl groups excluding tert-OH is 2. The third kappa shape index (κ3) is 3.30. The van der Waals surface area contributed by atoms with Gasteiger partial charge in [-0.3, -0.25) is 0 Å². The van der Waals surface area contributed by atoms with Crippen LogP contribution in [0.5, 0.6) is 11.5 Å². The van der Waals surface area contributed by atoms with Crippen LogP contribution in [-0.4, -0.2) is 10.2 Å². The maximum Gasteiger partial charge on any atom is 0.133 e. The van der Waals surface area contributed by atoms with Gasteiger partial charge in [-0.1, -0.05) is 12.1 Å². The minimum atomic E-state index is -0.817. The molecule has 19 heavy (non-hydrogen) atoms. The molecule has 2 aromatic carbocycles.